The first-order chi connectivity index (χ1) is 11.6. The second-order valence-electron chi connectivity index (χ2n) is 7.09. The Hall–Kier alpha value is -1.85. The molecule has 132 valence electrons. The Morgan fingerprint density at radius 2 is 1.96 bits per heavy atom. The minimum absolute atomic E-state index is 0.0358. The lowest BCUT2D eigenvalue weighted by molar-refractivity contribution is -0.133. The van der Waals surface area contributed by atoms with Crippen LogP contribution < -0.4 is 5.32 Å². The van der Waals surface area contributed by atoms with Crippen molar-refractivity contribution >= 4 is 11.8 Å². The smallest absolute Gasteiger partial charge is 0.223 e. The van der Waals surface area contributed by atoms with Gasteiger partial charge in [0, 0.05) is 56.8 Å². The molecule has 3 rings (SSSR count). The van der Waals surface area contributed by atoms with E-state index in [1.165, 1.54) is 25.0 Å². The third-order valence-electron chi connectivity index (χ3n) is 5.46. The van der Waals surface area contributed by atoms with E-state index in [4.69, 9.17) is 0 Å². The van der Waals surface area contributed by atoms with Gasteiger partial charge in [0.1, 0.15) is 5.82 Å². The van der Waals surface area contributed by atoms with E-state index in [1.807, 2.05) is 11.1 Å². The normalized spacial score (nSPS) is 19.2. The number of rotatable bonds is 5. The summed E-state index contributed by atoms with van der Waals surface area (Å²) in [5.41, 5.74) is 1.22. The van der Waals surface area contributed by atoms with Crippen molar-refractivity contribution in [2.24, 2.45) is 5.92 Å². The van der Waals surface area contributed by atoms with E-state index in [-0.39, 0.29) is 17.7 Å². The van der Waals surface area contributed by atoms with Crippen molar-refractivity contribution in [3.8, 4) is 0 Å². The van der Waals surface area contributed by atoms with Crippen molar-refractivity contribution in [3.63, 3.8) is 0 Å². The maximum Gasteiger partial charge on any atom is 0.223 e. The molecule has 1 saturated carbocycles. The molecule has 2 amide bonds. The Morgan fingerprint density at radius 1 is 1.25 bits per heavy atom. The number of amides is 2. The fourth-order valence-corrected chi connectivity index (χ4v) is 3.72. The number of nitrogens with zero attached hydrogens (tertiary/aromatic N) is 3. The van der Waals surface area contributed by atoms with Gasteiger partial charge in [0.25, 0.3) is 0 Å². The molecule has 1 N–H and O–H groups in total. The summed E-state index contributed by atoms with van der Waals surface area (Å²) in [6.07, 6.45) is 8.03. The molecule has 1 aliphatic carbocycles. The third kappa shape index (κ3) is 3.62. The monoisotopic (exact) mass is 332 g/mol. The zero-order valence-corrected chi connectivity index (χ0v) is 14.8. The summed E-state index contributed by atoms with van der Waals surface area (Å²) in [4.78, 5) is 30.0. The Balaban J connectivity index is 1.45. The molecule has 0 atom stereocenters. The number of nitrogens with one attached hydrogen (secondary N) is 1. The highest BCUT2D eigenvalue weighted by Crippen LogP contribution is 2.33. The van der Waals surface area contributed by atoms with Gasteiger partial charge in [-0.25, -0.2) is 4.98 Å². The summed E-state index contributed by atoms with van der Waals surface area (Å²) < 4.78 is 2.35. The van der Waals surface area contributed by atoms with Crippen molar-refractivity contribution in [1.29, 1.82) is 0 Å². The highest BCUT2D eigenvalue weighted by atomic mass is 16.2. The van der Waals surface area contributed by atoms with Crippen molar-refractivity contribution < 1.29 is 9.59 Å². The number of likely N-dealkylation sites (tertiary alicyclic amines) is 1. The SMILES string of the molecule is CC(=O)N1CCC(C(=O)NCCc2ncc(C)n2C2CCC2)CC1. The predicted octanol–water partition coefficient (Wildman–Crippen LogP) is 1.83. The first kappa shape index (κ1) is 17.0. The number of hydrogen-bond acceptors (Lipinski definition) is 3. The van der Waals surface area contributed by atoms with Gasteiger partial charge >= 0.3 is 0 Å². The van der Waals surface area contributed by atoms with E-state index in [2.05, 4.69) is 21.8 Å². The Labute approximate surface area is 143 Å². The standard InChI is InChI=1S/C18H28N4O2/c1-13-12-20-17(22(13)16-4-3-5-16)6-9-19-18(24)15-7-10-21(11-8-15)14(2)23/h12,15-16H,3-11H2,1-2H3,(H,19,24). The van der Waals surface area contributed by atoms with Crippen LogP contribution in [0.15, 0.2) is 6.20 Å². The molecular weight excluding hydrogens is 304 g/mol. The van der Waals surface area contributed by atoms with E-state index in [1.54, 1.807) is 6.92 Å². The summed E-state index contributed by atoms with van der Waals surface area (Å²) >= 11 is 0. The van der Waals surface area contributed by atoms with Gasteiger partial charge in [-0.1, -0.05) is 0 Å². The number of carbonyl (C=O) groups excluding carboxylic acids is 2. The van der Waals surface area contributed by atoms with Crippen molar-refractivity contribution in [1.82, 2.24) is 19.8 Å². The molecule has 0 unspecified atom stereocenters. The summed E-state index contributed by atoms with van der Waals surface area (Å²) in [7, 11) is 0. The van der Waals surface area contributed by atoms with Crippen LogP contribution in [0.2, 0.25) is 0 Å². The molecular formula is C18H28N4O2. The van der Waals surface area contributed by atoms with E-state index < -0.39 is 0 Å². The molecule has 1 aromatic heterocycles. The quantitative estimate of drug-likeness (QED) is 0.894. The average molecular weight is 332 g/mol. The van der Waals surface area contributed by atoms with Crippen molar-refractivity contribution in [2.45, 2.75) is 58.4 Å². The Morgan fingerprint density at radius 3 is 2.54 bits per heavy atom. The highest BCUT2D eigenvalue weighted by Gasteiger charge is 2.26. The predicted molar refractivity (Wildman–Crippen MR) is 91.5 cm³/mol. The summed E-state index contributed by atoms with van der Waals surface area (Å²) in [6, 6.07) is 0.606. The van der Waals surface area contributed by atoms with Gasteiger partial charge in [0.05, 0.1) is 0 Å². The highest BCUT2D eigenvalue weighted by molar-refractivity contribution is 5.79. The number of carbonyl (C=O) groups is 2. The van der Waals surface area contributed by atoms with Crippen molar-refractivity contribution in [3.05, 3.63) is 17.7 Å². The topological polar surface area (TPSA) is 67.2 Å². The second-order valence-corrected chi connectivity index (χ2v) is 7.09. The van der Waals surface area contributed by atoms with Crippen LogP contribution >= 0.6 is 0 Å². The number of hydrogen-bond donors (Lipinski definition) is 1. The maximum atomic E-state index is 12.3. The molecule has 0 radical (unpaired) electrons. The first-order valence-electron chi connectivity index (χ1n) is 9.12. The lowest BCUT2D eigenvalue weighted by Gasteiger charge is -2.31. The van der Waals surface area contributed by atoms with Gasteiger partial charge in [0.15, 0.2) is 0 Å². The number of aryl methyl sites for hydroxylation is 1. The molecule has 0 spiro atoms. The van der Waals surface area contributed by atoms with Crippen LogP contribution in [0, 0.1) is 12.8 Å². The molecule has 1 aliphatic heterocycles. The van der Waals surface area contributed by atoms with E-state index >= 15 is 0 Å². The van der Waals surface area contributed by atoms with Gasteiger partial charge in [-0.05, 0) is 39.0 Å². The zero-order valence-electron chi connectivity index (χ0n) is 14.8. The van der Waals surface area contributed by atoms with Gasteiger partial charge in [-0.2, -0.15) is 0 Å². The summed E-state index contributed by atoms with van der Waals surface area (Å²) in [5, 5.41) is 3.06. The largest absolute Gasteiger partial charge is 0.355 e. The second kappa shape index (κ2) is 7.36. The lowest BCUT2D eigenvalue weighted by Crippen LogP contribution is -2.42. The van der Waals surface area contributed by atoms with Crippen LogP contribution in [0.1, 0.15) is 56.6 Å². The van der Waals surface area contributed by atoms with Crippen LogP contribution in [0.4, 0.5) is 0 Å². The number of piperidine rings is 1. The molecule has 1 aromatic rings. The lowest BCUT2D eigenvalue weighted by atomic mass is 9.92. The average Bonchev–Trinajstić information content (AvgIpc) is 2.87. The minimum atomic E-state index is 0.0358. The van der Waals surface area contributed by atoms with Gasteiger partial charge in [0.2, 0.25) is 11.8 Å². The molecule has 1 saturated heterocycles. The zero-order chi connectivity index (χ0) is 17.1. The Bertz CT molecular complexity index is 598. The van der Waals surface area contributed by atoms with Crippen LogP contribution in [-0.4, -0.2) is 45.9 Å². The Kier molecular flexibility index (Phi) is 5.21. The van der Waals surface area contributed by atoms with Gasteiger partial charge in [-0.15, -0.1) is 0 Å². The molecule has 2 fully saturated rings. The minimum Gasteiger partial charge on any atom is -0.355 e. The molecule has 6 heteroatoms. The molecule has 2 heterocycles. The summed E-state index contributed by atoms with van der Waals surface area (Å²) in [5.74, 6) is 1.35. The number of imidazole rings is 1. The molecule has 0 bridgehead atoms. The molecule has 0 aromatic carbocycles. The van der Waals surface area contributed by atoms with Crippen LogP contribution in [0.5, 0.6) is 0 Å². The van der Waals surface area contributed by atoms with Gasteiger partial charge in [-0.3, -0.25) is 9.59 Å². The third-order valence-corrected chi connectivity index (χ3v) is 5.46. The fourth-order valence-electron chi connectivity index (χ4n) is 3.72. The van der Waals surface area contributed by atoms with E-state index in [0.717, 1.165) is 25.1 Å². The molecule has 6 nitrogen and oxygen atoms in total. The van der Waals surface area contributed by atoms with E-state index in [9.17, 15) is 9.59 Å². The first-order valence-corrected chi connectivity index (χ1v) is 9.12. The van der Waals surface area contributed by atoms with Crippen molar-refractivity contribution in [2.75, 3.05) is 19.6 Å². The van der Waals surface area contributed by atoms with Crippen LogP contribution in [0.3, 0.4) is 0 Å². The molecule has 2 aliphatic rings. The molecule has 24 heavy (non-hydrogen) atoms. The van der Waals surface area contributed by atoms with Crippen LogP contribution in [0.25, 0.3) is 0 Å². The van der Waals surface area contributed by atoms with E-state index in [0.29, 0.717) is 25.7 Å². The fraction of sp³-hybridized carbons (Fsp3) is 0.722. The summed E-state index contributed by atoms with van der Waals surface area (Å²) in [6.45, 7) is 5.72. The van der Waals surface area contributed by atoms with Crippen LogP contribution in [-0.2, 0) is 16.0 Å². The number of aromatic nitrogens is 2. The van der Waals surface area contributed by atoms with Gasteiger partial charge < -0.3 is 14.8 Å². The maximum absolute atomic E-state index is 12.3.